The molecule has 7 heterocycles. The van der Waals surface area contributed by atoms with E-state index in [9.17, 15) is 0 Å². The van der Waals surface area contributed by atoms with Gasteiger partial charge in [-0.2, -0.15) is 0 Å². The molecule has 24 aromatic rings. The Kier molecular flexibility index (Phi) is 12.7. The molecule has 17 aromatic carbocycles. The Labute approximate surface area is 627 Å². The minimum atomic E-state index is 0.862. The van der Waals surface area contributed by atoms with Gasteiger partial charge in [-0.1, -0.05) is 243 Å². The minimum Gasteiger partial charge on any atom is -0.454 e. The second-order valence-corrected chi connectivity index (χ2v) is 30.1. The van der Waals surface area contributed by atoms with Crippen LogP contribution in [0, 0.1) is 0 Å². The summed E-state index contributed by atoms with van der Waals surface area (Å²) in [7, 11) is 0. The summed E-state index contributed by atoms with van der Waals surface area (Å²) < 4.78 is 26.0. The molecule has 0 unspecified atom stereocenters. The SMILES string of the molecule is c1ccc(-c2cc3c(cc2-c2ccc4c5ccccc5n(-c5cccc6c5oc5ccccc56)c4c2)c2ccc(-c4ccc(-c5cc6c(cc5-c5ccc7c8ccccc8n(-c8ccccc8)c7c5)c5ccccc5n6-c5cccc6c5oc5ccccc56)cc4)cc2n3-c2ccc3sc4ccccc4c3c2)cc1. The van der Waals surface area contributed by atoms with Crippen molar-refractivity contribution in [3.05, 3.63) is 364 Å². The zero-order valence-corrected chi connectivity index (χ0v) is 59.5. The van der Waals surface area contributed by atoms with E-state index >= 15 is 0 Å². The molecule has 0 spiro atoms. The Morgan fingerprint density at radius 1 is 0.183 bits per heavy atom. The molecule has 0 aliphatic carbocycles. The fourth-order valence-electron chi connectivity index (χ4n) is 18.3. The van der Waals surface area contributed by atoms with Crippen molar-refractivity contribution in [3.8, 4) is 78.4 Å². The summed E-state index contributed by atoms with van der Waals surface area (Å²) in [4.78, 5) is 0. The molecule has 24 rings (SSSR count). The standard InChI is InChI=1S/C102H60N4O2S/c1-3-21-62(22-4-1)82-59-95-85(58-80(82)66-47-51-73-70-26-8-14-34-88(70)105(94(73)55-66)90-36-19-31-78-75-28-10-16-38-97(75)107-101(78)90)74-49-45-64(53-92(74)104(95)68-48-52-100-86(56-68)77-30-12-18-40-99(77)109-100)61-41-43-63(44-42-61)83-60-96-84(71-27-9-15-35-89(71)106(96)91-37-20-32-79-76-29-11-17-39-98(76)108-102(79)91)57-81(83)65-46-50-72-69-25-7-13-33-87(69)103(93(72)54-65)67-23-5-2-6-24-67/h1-60H. The van der Waals surface area contributed by atoms with E-state index in [1.807, 2.05) is 11.3 Å². The molecular weight excluding hydrogens is 1350 g/mol. The molecule has 6 nitrogen and oxygen atoms in total. The van der Waals surface area contributed by atoms with Crippen LogP contribution >= 0.6 is 11.3 Å². The highest BCUT2D eigenvalue weighted by Crippen LogP contribution is 2.49. The van der Waals surface area contributed by atoms with Crippen LogP contribution in [0.4, 0.5) is 0 Å². The zero-order chi connectivity index (χ0) is 71.1. The normalized spacial score (nSPS) is 12.2. The number of hydrogen-bond acceptors (Lipinski definition) is 3. The van der Waals surface area contributed by atoms with E-state index in [4.69, 9.17) is 8.83 Å². The molecule has 0 amide bonds. The molecule has 0 atom stereocenters. The zero-order valence-electron chi connectivity index (χ0n) is 58.7. The van der Waals surface area contributed by atoms with Gasteiger partial charge in [-0.05, 0) is 177 Å². The minimum absolute atomic E-state index is 0.862. The molecule has 0 saturated carbocycles. The van der Waals surface area contributed by atoms with Gasteiger partial charge in [-0.3, -0.25) is 0 Å². The van der Waals surface area contributed by atoms with Crippen molar-refractivity contribution in [2.24, 2.45) is 0 Å². The lowest BCUT2D eigenvalue weighted by atomic mass is 9.91. The summed E-state index contributed by atoms with van der Waals surface area (Å²) in [6.07, 6.45) is 0. The molecule has 0 saturated heterocycles. The van der Waals surface area contributed by atoms with Crippen LogP contribution in [-0.2, 0) is 0 Å². The first-order valence-electron chi connectivity index (χ1n) is 37.3. The molecule has 0 N–H and O–H groups in total. The van der Waals surface area contributed by atoms with Crippen LogP contribution in [0.5, 0.6) is 0 Å². The van der Waals surface area contributed by atoms with E-state index in [1.165, 1.54) is 68.8 Å². The maximum Gasteiger partial charge on any atom is 0.159 e. The van der Waals surface area contributed by atoms with Gasteiger partial charge >= 0.3 is 0 Å². The van der Waals surface area contributed by atoms with Crippen molar-refractivity contribution in [2.45, 2.75) is 0 Å². The average Bonchev–Trinajstić information content (AvgIpc) is 1.55. The lowest BCUT2D eigenvalue weighted by Crippen LogP contribution is -1.96. The number of furan rings is 2. The number of para-hydroxylation sites is 8. The second-order valence-electron chi connectivity index (χ2n) is 29.0. The van der Waals surface area contributed by atoms with Gasteiger partial charge in [-0.25, -0.2) is 0 Å². The van der Waals surface area contributed by atoms with Crippen LogP contribution in [0.15, 0.2) is 373 Å². The maximum atomic E-state index is 6.86. The van der Waals surface area contributed by atoms with Crippen LogP contribution in [0.3, 0.4) is 0 Å². The quantitative estimate of drug-likeness (QED) is 0.145. The fourth-order valence-corrected chi connectivity index (χ4v) is 19.4. The predicted molar refractivity (Wildman–Crippen MR) is 458 cm³/mol. The molecule has 7 heteroatoms. The van der Waals surface area contributed by atoms with E-state index in [-0.39, 0.29) is 0 Å². The first-order chi connectivity index (χ1) is 54.0. The van der Waals surface area contributed by atoms with Crippen LogP contribution in [0.1, 0.15) is 0 Å². The molecule has 0 radical (unpaired) electrons. The molecule has 7 aromatic heterocycles. The predicted octanol–water partition coefficient (Wildman–Crippen LogP) is 28.6. The second kappa shape index (κ2) is 23.1. The van der Waals surface area contributed by atoms with Crippen molar-refractivity contribution < 1.29 is 8.83 Å². The number of rotatable bonds is 9. The van der Waals surface area contributed by atoms with Crippen LogP contribution in [0.2, 0.25) is 0 Å². The summed E-state index contributed by atoms with van der Waals surface area (Å²) in [6, 6.07) is 134. The first kappa shape index (κ1) is 60.1. The Bertz CT molecular complexity index is 7970. The summed E-state index contributed by atoms with van der Waals surface area (Å²) in [5, 5.41) is 16.4. The van der Waals surface area contributed by atoms with Gasteiger partial charge in [0.05, 0.1) is 55.5 Å². The van der Waals surface area contributed by atoms with Crippen LogP contribution in [0.25, 0.3) is 230 Å². The number of thiophene rings is 1. The van der Waals surface area contributed by atoms with Gasteiger partial charge in [0, 0.05) is 96.2 Å². The molecule has 0 bridgehead atoms. The third kappa shape index (κ3) is 8.90. The maximum absolute atomic E-state index is 6.86. The molecule has 109 heavy (non-hydrogen) atoms. The Balaban J connectivity index is 0.714. The number of fused-ring (bicyclic) bond motifs is 21. The van der Waals surface area contributed by atoms with E-state index in [2.05, 4.69) is 382 Å². The lowest BCUT2D eigenvalue weighted by Gasteiger charge is -2.15. The smallest absolute Gasteiger partial charge is 0.159 e. The summed E-state index contributed by atoms with van der Waals surface area (Å²) in [5.41, 5.74) is 28.1. The molecule has 0 fully saturated rings. The van der Waals surface area contributed by atoms with Crippen LogP contribution in [-0.4, -0.2) is 18.3 Å². The van der Waals surface area contributed by atoms with E-state index in [0.717, 1.165) is 161 Å². The number of aromatic nitrogens is 4. The third-order valence-electron chi connectivity index (χ3n) is 23.2. The Morgan fingerprint density at radius 3 is 1.15 bits per heavy atom. The van der Waals surface area contributed by atoms with Crippen molar-refractivity contribution in [3.63, 3.8) is 0 Å². The topological polar surface area (TPSA) is 46.0 Å². The van der Waals surface area contributed by atoms with E-state index < -0.39 is 0 Å². The number of benzene rings is 17. The average molecular weight is 1410 g/mol. The Hall–Kier alpha value is -14.2. The van der Waals surface area contributed by atoms with E-state index in [0.29, 0.717) is 0 Å². The van der Waals surface area contributed by atoms with E-state index in [1.54, 1.807) is 0 Å². The van der Waals surface area contributed by atoms with Gasteiger partial charge in [0.1, 0.15) is 11.2 Å². The summed E-state index contributed by atoms with van der Waals surface area (Å²) >= 11 is 1.86. The fraction of sp³-hybridized carbons (Fsp3) is 0. The third-order valence-corrected chi connectivity index (χ3v) is 24.3. The first-order valence-corrected chi connectivity index (χ1v) is 38.1. The van der Waals surface area contributed by atoms with Crippen molar-refractivity contribution >= 4 is 163 Å². The lowest BCUT2D eigenvalue weighted by molar-refractivity contribution is 0.666. The largest absolute Gasteiger partial charge is 0.454 e. The van der Waals surface area contributed by atoms with Gasteiger partial charge in [0.15, 0.2) is 11.2 Å². The van der Waals surface area contributed by atoms with Crippen LogP contribution < -0.4 is 0 Å². The van der Waals surface area contributed by atoms with Crippen molar-refractivity contribution in [1.82, 2.24) is 18.3 Å². The highest BCUT2D eigenvalue weighted by Gasteiger charge is 2.26. The summed E-state index contributed by atoms with van der Waals surface area (Å²) in [6.45, 7) is 0. The monoisotopic (exact) mass is 1400 g/mol. The van der Waals surface area contributed by atoms with Crippen molar-refractivity contribution in [1.29, 1.82) is 0 Å². The number of nitrogens with zero attached hydrogens (tertiary/aromatic N) is 4. The molecular formula is C102H60N4O2S. The van der Waals surface area contributed by atoms with Gasteiger partial charge < -0.3 is 27.1 Å². The summed E-state index contributed by atoms with van der Waals surface area (Å²) in [5.74, 6) is 0. The van der Waals surface area contributed by atoms with Crippen molar-refractivity contribution in [2.75, 3.05) is 0 Å². The Morgan fingerprint density at radius 2 is 0.560 bits per heavy atom. The van der Waals surface area contributed by atoms with Gasteiger partial charge in [-0.15, -0.1) is 11.3 Å². The van der Waals surface area contributed by atoms with Gasteiger partial charge in [0.25, 0.3) is 0 Å². The number of hydrogen-bond donors (Lipinski definition) is 0. The molecule has 0 aliphatic heterocycles. The molecule has 506 valence electrons. The highest BCUT2D eigenvalue weighted by atomic mass is 32.1. The van der Waals surface area contributed by atoms with Gasteiger partial charge in [0.2, 0.25) is 0 Å². The molecule has 0 aliphatic rings. The highest BCUT2D eigenvalue weighted by molar-refractivity contribution is 7.25.